The van der Waals surface area contributed by atoms with Gasteiger partial charge in [0.25, 0.3) is 0 Å². The van der Waals surface area contributed by atoms with E-state index in [1.54, 1.807) is 12.1 Å². The van der Waals surface area contributed by atoms with Gasteiger partial charge in [-0.1, -0.05) is 32.9 Å². The Morgan fingerprint density at radius 1 is 1.10 bits per heavy atom. The van der Waals surface area contributed by atoms with Gasteiger partial charge in [0, 0.05) is 11.7 Å². The Labute approximate surface area is 187 Å². The lowest BCUT2D eigenvalue weighted by Crippen LogP contribution is -2.56. The van der Waals surface area contributed by atoms with Crippen LogP contribution in [0, 0.1) is 34.5 Å². The summed E-state index contributed by atoms with van der Waals surface area (Å²) in [5, 5.41) is 0. The Bertz CT molecular complexity index is 968. The number of sulfone groups is 1. The van der Waals surface area contributed by atoms with Crippen LogP contribution in [0.4, 0.5) is 0 Å². The number of benzene rings is 1. The van der Waals surface area contributed by atoms with E-state index < -0.39 is 9.84 Å². The first-order chi connectivity index (χ1) is 14.6. The lowest BCUT2D eigenvalue weighted by molar-refractivity contribution is -0.146. The molecule has 1 heterocycles. The van der Waals surface area contributed by atoms with E-state index in [0.717, 1.165) is 31.6 Å². The lowest BCUT2D eigenvalue weighted by atomic mass is 9.47. The molecule has 3 fully saturated rings. The van der Waals surface area contributed by atoms with Gasteiger partial charge in [-0.05, 0) is 85.5 Å². The van der Waals surface area contributed by atoms with Crippen LogP contribution in [0.3, 0.4) is 0 Å². The summed E-state index contributed by atoms with van der Waals surface area (Å²) < 4.78 is 36.1. The standard InChI is InChI=1S/C26H36O4S/c1-17-14-23-26(3,11-5-13-29-23)21-10-12-25(2)16-19(15-22(25)24(17)21)30-18-6-8-20(9-7-18)31(4,27)28/h5-9,11,17,19,21-24H,10,12-16H2,1-4H3/t17?,19?,21-,22+,23?,24-,25-,26-/m1/s1. The SMILES string of the molecule is CC1CC2OCC=C[C@]2(C)[C@@H]2CC[C@]3(C)CC(Oc4ccc(S(C)(=O)=O)cc4)C[C@H]3[C@H]12. The van der Waals surface area contributed by atoms with Gasteiger partial charge in [-0.3, -0.25) is 0 Å². The van der Waals surface area contributed by atoms with Crippen LogP contribution in [0.1, 0.15) is 52.9 Å². The molecule has 31 heavy (non-hydrogen) atoms. The van der Waals surface area contributed by atoms with Gasteiger partial charge in [-0.2, -0.15) is 0 Å². The molecule has 5 rings (SSSR count). The highest BCUT2D eigenvalue weighted by atomic mass is 32.2. The highest BCUT2D eigenvalue weighted by Crippen LogP contribution is 2.65. The normalized spacial score (nSPS) is 44.3. The van der Waals surface area contributed by atoms with Gasteiger partial charge in [-0.15, -0.1) is 0 Å². The number of fused-ring (bicyclic) bond motifs is 5. The number of hydrogen-bond donors (Lipinski definition) is 0. The second kappa shape index (κ2) is 7.34. The largest absolute Gasteiger partial charge is 0.490 e. The zero-order valence-corrected chi connectivity index (χ0v) is 20.0. The molecule has 3 saturated carbocycles. The Morgan fingerprint density at radius 2 is 1.84 bits per heavy atom. The van der Waals surface area contributed by atoms with E-state index in [4.69, 9.17) is 9.47 Å². The van der Waals surface area contributed by atoms with Crippen LogP contribution in [0.15, 0.2) is 41.3 Å². The van der Waals surface area contributed by atoms with Crippen LogP contribution >= 0.6 is 0 Å². The molecular weight excluding hydrogens is 408 g/mol. The van der Waals surface area contributed by atoms with Gasteiger partial charge in [0.1, 0.15) is 5.75 Å². The summed E-state index contributed by atoms with van der Waals surface area (Å²) in [5.41, 5.74) is 0.492. The number of hydrogen-bond acceptors (Lipinski definition) is 4. The molecule has 3 aliphatic carbocycles. The highest BCUT2D eigenvalue weighted by Gasteiger charge is 2.60. The third-order valence-corrected chi connectivity index (χ3v) is 10.4. The third-order valence-electron chi connectivity index (χ3n) is 9.22. The Morgan fingerprint density at radius 3 is 2.55 bits per heavy atom. The van der Waals surface area contributed by atoms with Gasteiger partial charge in [0.05, 0.1) is 23.7 Å². The molecule has 1 aliphatic heterocycles. The third kappa shape index (κ3) is 3.56. The molecule has 8 atom stereocenters. The van der Waals surface area contributed by atoms with Crippen molar-refractivity contribution in [3.8, 4) is 5.75 Å². The van der Waals surface area contributed by atoms with E-state index >= 15 is 0 Å². The molecular formula is C26H36O4S. The average molecular weight is 445 g/mol. The van der Waals surface area contributed by atoms with E-state index in [-0.39, 0.29) is 11.5 Å². The Kier molecular flexibility index (Phi) is 5.10. The zero-order chi connectivity index (χ0) is 22.0. The van der Waals surface area contributed by atoms with Gasteiger partial charge in [0.2, 0.25) is 0 Å². The van der Waals surface area contributed by atoms with E-state index in [1.165, 1.54) is 19.1 Å². The molecule has 4 nitrogen and oxygen atoms in total. The summed E-state index contributed by atoms with van der Waals surface area (Å²) in [5.74, 6) is 3.53. The first-order valence-electron chi connectivity index (χ1n) is 11.9. The fourth-order valence-corrected chi connectivity index (χ4v) is 8.33. The van der Waals surface area contributed by atoms with E-state index in [2.05, 4.69) is 32.9 Å². The molecule has 3 unspecified atom stereocenters. The molecule has 0 N–H and O–H groups in total. The Balaban J connectivity index is 1.36. The summed E-state index contributed by atoms with van der Waals surface area (Å²) >= 11 is 0. The summed E-state index contributed by atoms with van der Waals surface area (Å²) in [7, 11) is -3.18. The molecule has 0 bridgehead atoms. The van der Waals surface area contributed by atoms with Gasteiger partial charge >= 0.3 is 0 Å². The smallest absolute Gasteiger partial charge is 0.175 e. The van der Waals surface area contributed by atoms with Gasteiger partial charge in [-0.25, -0.2) is 8.42 Å². The average Bonchev–Trinajstić information content (AvgIpc) is 3.04. The summed E-state index contributed by atoms with van der Waals surface area (Å²) in [6.07, 6.45) is 12.4. The minimum Gasteiger partial charge on any atom is -0.490 e. The molecule has 5 heteroatoms. The van der Waals surface area contributed by atoms with Crippen LogP contribution in [0.5, 0.6) is 5.75 Å². The molecule has 1 aromatic carbocycles. The fourth-order valence-electron chi connectivity index (χ4n) is 7.70. The maximum Gasteiger partial charge on any atom is 0.175 e. The molecule has 0 spiro atoms. The van der Waals surface area contributed by atoms with Crippen molar-refractivity contribution in [1.29, 1.82) is 0 Å². The molecule has 0 amide bonds. The van der Waals surface area contributed by atoms with Crippen LogP contribution in [-0.4, -0.2) is 33.5 Å². The summed E-state index contributed by atoms with van der Waals surface area (Å²) in [4.78, 5) is 0.344. The second-order valence-corrected chi connectivity index (χ2v) is 13.2. The van der Waals surface area contributed by atoms with Gasteiger partial charge < -0.3 is 9.47 Å². The van der Waals surface area contributed by atoms with Crippen molar-refractivity contribution in [1.82, 2.24) is 0 Å². The number of ether oxygens (including phenoxy) is 2. The second-order valence-electron chi connectivity index (χ2n) is 11.2. The maximum atomic E-state index is 11.7. The summed E-state index contributed by atoms with van der Waals surface area (Å²) in [6.45, 7) is 8.13. The van der Waals surface area contributed by atoms with Crippen LogP contribution in [-0.2, 0) is 14.6 Å². The van der Waals surface area contributed by atoms with Crippen molar-refractivity contribution in [3.05, 3.63) is 36.4 Å². The van der Waals surface area contributed by atoms with Crippen molar-refractivity contribution in [2.24, 2.45) is 34.5 Å². The van der Waals surface area contributed by atoms with Crippen molar-refractivity contribution < 1.29 is 17.9 Å². The molecule has 1 aromatic rings. The first-order valence-corrected chi connectivity index (χ1v) is 13.8. The molecule has 0 saturated heterocycles. The van der Waals surface area contributed by atoms with Crippen molar-refractivity contribution >= 4 is 9.84 Å². The van der Waals surface area contributed by atoms with Crippen LogP contribution in [0.25, 0.3) is 0 Å². The molecule has 0 radical (unpaired) electrons. The lowest BCUT2D eigenvalue weighted by Gasteiger charge is -2.60. The van der Waals surface area contributed by atoms with Crippen molar-refractivity contribution in [2.75, 3.05) is 12.9 Å². The molecule has 170 valence electrons. The maximum absolute atomic E-state index is 11.7. The Hall–Kier alpha value is -1.33. The minimum atomic E-state index is -3.18. The summed E-state index contributed by atoms with van der Waals surface area (Å²) in [6, 6.07) is 6.93. The quantitative estimate of drug-likeness (QED) is 0.595. The fraction of sp³-hybridized carbons (Fsp3) is 0.692. The topological polar surface area (TPSA) is 52.6 Å². The van der Waals surface area contributed by atoms with Crippen molar-refractivity contribution in [2.45, 2.75) is 70.0 Å². The monoisotopic (exact) mass is 444 g/mol. The highest BCUT2D eigenvalue weighted by molar-refractivity contribution is 7.90. The van der Waals surface area contributed by atoms with Crippen LogP contribution in [0.2, 0.25) is 0 Å². The van der Waals surface area contributed by atoms with E-state index in [9.17, 15) is 8.42 Å². The first kappa shape index (κ1) is 21.5. The predicted molar refractivity (Wildman–Crippen MR) is 122 cm³/mol. The van der Waals surface area contributed by atoms with Gasteiger partial charge in [0.15, 0.2) is 9.84 Å². The molecule has 4 aliphatic rings. The molecule has 0 aromatic heterocycles. The zero-order valence-electron chi connectivity index (χ0n) is 19.2. The van der Waals surface area contributed by atoms with E-state index in [0.29, 0.717) is 40.1 Å². The minimum absolute atomic E-state index is 0.164. The predicted octanol–water partition coefficient (Wildman–Crippen LogP) is 5.28. The van der Waals surface area contributed by atoms with Crippen LogP contribution < -0.4 is 4.74 Å². The van der Waals surface area contributed by atoms with E-state index in [1.807, 2.05) is 12.1 Å². The van der Waals surface area contributed by atoms with Crippen molar-refractivity contribution in [3.63, 3.8) is 0 Å². The number of rotatable bonds is 3.